The van der Waals surface area contributed by atoms with E-state index in [1.807, 2.05) is 31.2 Å². The number of hydrogen-bond donors (Lipinski definition) is 1. The van der Waals surface area contributed by atoms with Gasteiger partial charge in [-0.15, -0.1) is 11.3 Å². The molecular weight excluding hydrogens is 362 g/mol. The molecule has 0 atom stereocenters. The second-order valence-electron chi connectivity index (χ2n) is 6.54. The number of aromatic nitrogens is 1. The van der Waals surface area contributed by atoms with Crippen LogP contribution in [0.3, 0.4) is 0 Å². The van der Waals surface area contributed by atoms with Crippen LogP contribution in [0, 0.1) is 6.92 Å². The number of thiazole rings is 1. The van der Waals surface area contributed by atoms with Gasteiger partial charge in [0.15, 0.2) is 0 Å². The van der Waals surface area contributed by atoms with Crippen molar-refractivity contribution >= 4 is 22.2 Å². The Morgan fingerprint density at radius 2 is 1.36 bits per heavy atom. The van der Waals surface area contributed by atoms with E-state index < -0.39 is 0 Å². The highest BCUT2D eigenvalue weighted by atomic mass is 32.1. The highest BCUT2D eigenvalue weighted by molar-refractivity contribution is 7.16. The molecular formula is C24H21N3S. The number of hydrazone groups is 1. The van der Waals surface area contributed by atoms with Gasteiger partial charge in [0.2, 0.25) is 5.13 Å². The molecule has 0 radical (unpaired) electrons. The summed E-state index contributed by atoms with van der Waals surface area (Å²) < 4.78 is 0. The van der Waals surface area contributed by atoms with Crippen LogP contribution in [-0.4, -0.2) is 10.7 Å². The highest BCUT2D eigenvalue weighted by Gasteiger charge is 2.09. The van der Waals surface area contributed by atoms with Gasteiger partial charge in [-0.1, -0.05) is 84.9 Å². The van der Waals surface area contributed by atoms with Crippen LogP contribution in [0.5, 0.6) is 0 Å². The van der Waals surface area contributed by atoms with Crippen LogP contribution in [0.4, 0.5) is 5.13 Å². The number of hydrogen-bond acceptors (Lipinski definition) is 4. The summed E-state index contributed by atoms with van der Waals surface area (Å²) in [6.45, 7) is 4.09. The van der Waals surface area contributed by atoms with Crippen LogP contribution in [0.2, 0.25) is 0 Å². The third-order valence-corrected chi connectivity index (χ3v) is 5.45. The monoisotopic (exact) mass is 383 g/mol. The molecule has 0 spiro atoms. The summed E-state index contributed by atoms with van der Waals surface area (Å²) >= 11 is 1.62. The number of nitrogens with zero attached hydrogens (tertiary/aromatic N) is 2. The summed E-state index contributed by atoms with van der Waals surface area (Å²) in [7, 11) is 0. The van der Waals surface area contributed by atoms with Gasteiger partial charge in [-0.05, 0) is 30.5 Å². The van der Waals surface area contributed by atoms with Gasteiger partial charge in [-0.3, -0.25) is 5.43 Å². The zero-order valence-electron chi connectivity index (χ0n) is 15.9. The summed E-state index contributed by atoms with van der Waals surface area (Å²) in [4.78, 5) is 5.87. The first-order valence-corrected chi connectivity index (χ1v) is 10.0. The quantitative estimate of drug-likeness (QED) is 0.310. The van der Waals surface area contributed by atoms with E-state index in [2.05, 4.69) is 78.1 Å². The van der Waals surface area contributed by atoms with Crippen molar-refractivity contribution in [2.45, 2.75) is 13.8 Å². The summed E-state index contributed by atoms with van der Waals surface area (Å²) in [6, 6.07) is 29.1. The molecule has 0 bridgehead atoms. The van der Waals surface area contributed by atoms with Gasteiger partial charge in [-0.2, -0.15) is 5.10 Å². The molecule has 3 nitrogen and oxygen atoms in total. The maximum atomic E-state index is 4.70. The molecule has 1 aromatic heterocycles. The Balaban J connectivity index is 1.49. The minimum absolute atomic E-state index is 0.802. The Hall–Kier alpha value is -3.24. The van der Waals surface area contributed by atoms with Crippen molar-refractivity contribution in [3.05, 3.63) is 95.4 Å². The molecule has 0 aliphatic heterocycles. The lowest BCUT2D eigenvalue weighted by atomic mass is 10.0. The third kappa shape index (κ3) is 4.02. The predicted octanol–water partition coefficient (Wildman–Crippen LogP) is 6.62. The SMILES string of the molecule is C/C(=N/Nc1nc(-c2ccccc2)c(C)s1)c1ccc(-c2ccccc2)cc1. The normalized spacial score (nSPS) is 11.4. The number of benzene rings is 3. The van der Waals surface area contributed by atoms with Crippen molar-refractivity contribution < 1.29 is 0 Å². The van der Waals surface area contributed by atoms with Gasteiger partial charge in [-0.25, -0.2) is 4.98 Å². The standard InChI is InChI=1S/C24H21N3S/c1-17(19-13-15-21(16-14-19)20-9-5-3-6-10-20)26-27-24-25-23(18(2)28-24)22-11-7-4-8-12-22/h3-16H,1-2H3,(H,25,27)/b26-17-. The molecule has 3 aromatic carbocycles. The number of rotatable bonds is 5. The second kappa shape index (κ2) is 8.19. The molecule has 28 heavy (non-hydrogen) atoms. The largest absolute Gasteiger partial charge is 0.252 e. The molecule has 4 aromatic rings. The second-order valence-corrected chi connectivity index (χ2v) is 7.75. The molecule has 1 heterocycles. The first kappa shape index (κ1) is 18.1. The Morgan fingerprint density at radius 1 is 0.786 bits per heavy atom. The third-order valence-electron chi connectivity index (χ3n) is 4.57. The number of anilines is 1. The van der Waals surface area contributed by atoms with Crippen molar-refractivity contribution in [1.82, 2.24) is 4.98 Å². The van der Waals surface area contributed by atoms with Crippen LogP contribution >= 0.6 is 11.3 Å². The first-order chi connectivity index (χ1) is 13.7. The zero-order valence-corrected chi connectivity index (χ0v) is 16.7. The van der Waals surface area contributed by atoms with Crippen LogP contribution < -0.4 is 5.43 Å². The lowest BCUT2D eigenvalue weighted by Gasteiger charge is -2.05. The smallest absolute Gasteiger partial charge is 0.204 e. The molecule has 0 fully saturated rings. The van der Waals surface area contributed by atoms with Crippen molar-refractivity contribution in [2.75, 3.05) is 5.43 Å². The van der Waals surface area contributed by atoms with Crippen molar-refractivity contribution in [1.29, 1.82) is 0 Å². The lowest BCUT2D eigenvalue weighted by Crippen LogP contribution is -1.99. The highest BCUT2D eigenvalue weighted by Crippen LogP contribution is 2.30. The van der Waals surface area contributed by atoms with Crippen LogP contribution in [-0.2, 0) is 0 Å². The Morgan fingerprint density at radius 3 is 2.00 bits per heavy atom. The Kier molecular flexibility index (Phi) is 5.31. The fraction of sp³-hybridized carbons (Fsp3) is 0.0833. The van der Waals surface area contributed by atoms with E-state index in [-0.39, 0.29) is 0 Å². The summed E-state index contributed by atoms with van der Waals surface area (Å²) in [6.07, 6.45) is 0. The minimum Gasteiger partial charge on any atom is -0.252 e. The van der Waals surface area contributed by atoms with E-state index in [0.29, 0.717) is 0 Å². The van der Waals surface area contributed by atoms with Gasteiger partial charge in [0, 0.05) is 10.4 Å². The lowest BCUT2D eigenvalue weighted by molar-refractivity contribution is 1.27. The molecule has 0 unspecified atom stereocenters. The van der Waals surface area contributed by atoms with E-state index in [1.54, 1.807) is 11.3 Å². The topological polar surface area (TPSA) is 37.3 Å². The predicted molar refractivity (Wildman–Crippen MR) is 120 cm³/mol. The van der Waals surface area contributed by atoms with Crippen LogP contribution in [0.15, 0.2) is 90.0 Å². The van der Waals surface area contributed by atoms with Crippen LogP contribution in [0.1, 0.15) is 17.4 Å². The average Bonchev–Trinajstić information content (AvgIpc) is 3.14. The van der Waals surface area contributed by atoms with Gasteiger partial charge >= 0.3 is 0 Å². The molecule has 4 rings (SSSR count). The number of nitrogens with one attached hydrogen (secondary N) is 1. The minimum atomic E-state index is 0.802. The van der Waals surface area contributed by atoms with Crippen molar-refractivity contribution in [3.63, 3.8) is 0 Å². The molecule has 0 aliphatic rings. The molecule has 0 aliphatic carbocycles. The van der Waals surface area contributed by atoms with E-state index in [1.165, 1.54) is 16.0 Å². The molecule has 0 saturated carbocycles. The molecule has 1 N–H and O–H groups in total. The molecule has 0 saturated heterocycles. The van der Waals surface area contributed by atoms with E-state index >= 15 is 0 Å². The maximum Gasteiger partial charge on any atom is 0.204 e. The van der Waals surface area contributed by atoms with Crippen molar-refractivity contribution in [3.8, 4) is 22.4 Å². The van der Waals surface area contributed by atoms with Crippen molar-refractivity contribution in [2.24, 2.45) is 5.10 Å². The van der Waals surface area contributed by atoms with Gasteiger partial charge in [0.1, 0.15) is 0 Å². The Labute approximate surface area is 169 Å². The fourth-order valence-corrected chi connectivity index (χ4v) is 3.82. The van der Waals surface area contributed by atoms with E-state index in [9.17, 15) is 0 Å². The Bertz CT molecular complexity index is 1080. The maximum absolute atomic E-state index is 4.70. The average molecular weight is 384 g/mol. The van der Waals surface area contributed by atoms with Gasteiger partial charge in [0.05, 0.1) is 11.4 Å². The zero-order chi connectivity index (χ0) is 19.3. The fourth-order valence-electron chi connectivity index (χ4n) is 3.04. The van der Waals surface area contributed by atoms with E-state index in [0.717, 1.165) is 27.7 Å². The summed E-state index contributed by atoms with van der Waals surface area (Å²) in [5.41, 5.74) is 9.68. The number of aryl methyl sites for hydroxylation is 1. The van der Waals surface area contributed by atoms with Crippen LogP contribution in [0.25, 0.3) is 22.4 Å². The summed E-state index contributed by atoms with van der Waals surface area (Å²) in [5.74, 6) is 0. The molecule has 138 valence electrons. The summed E-state index contributed by atoms with van der Waals surface area (Å²) in [5, 5.41) is 5.33. The van der Waals surface area contributed by atoms with Gasteiger partial charge < -0.3 is 0 Å². The molecule has 4 heteroatoms. The molecule has 0 amide bonds. The van der Waals surface area contributed by atoms with E-state index in [4.69, 9.17) is 4.98 Å². The van der Waals surface area contributed by atoms with Gasteiger partial charge in [0.25, 0.3) is 0 Å². The first-order valence-electron chi connectivity index (χ1n) is 9.20.